The van der Waals surface area contributed by atoms with Crippen LogP contribution in [0.4, 0.5) is 0 Å². The fraction of sp³-hybridized carbons (Fsp3) is 1.00. The number of nitrogens with two attached hydrogens (primary N) is 1. The summed E-state index contributed by atoms with van der Waals surface area (Å²) in [6, 6.07) is 0. The molecule has 14 heavy (non-hydrogen) atoms. The first-order valence-corrected chi connectivity index (χ1v) is 5.87. The maximum atomic E-state index is 5.79. The molecule has 0 bridgehead atoms. The van der Waals surface area contributed by atoms with Crippen molar-refractivity contribution in [2.45, 2.75) is 37.6 Å². The molecule has 0 aromatic heterocycles. The average Bonchev–Trinajstić information content (AvgIpc) is 2.59. The Kier molecular flexibility index (Phi) is 3.42. The van der Waals surface area contributed by atoms with E-state index in [2.05, 4.69) is 5.32 Å². The molecule has 0 amide bonds. The van der Waals surface area contributed by atoms with Gasteiger partial charge in [0.15, 0.2) is 0 Å². The largest absolute Gasteiger partial charge is 0.379 e. The van der Waals surface area contributed by atoms with Gasteiger partial charge in [0.25, 0.3) is 0 Å². The monoisotopic (exact) mass is 198 g/mol. The second-order valence-corrected chi connectivity index (χ2v) is 4.80. The summed E-state index contributed by atoms with van der Waals surface area (Å²) in [5.41, 5.74) is 5.89. The average molecular weight is 198 g/mol. The van der Waals surface area contributed by atoms with Gasteiger partial charge in [0.2, 0.25) is 0 Å². The predicted molar refractivity (Wildman–Crippen MR) is 57.2 cm³/mol. The summed E-state index contributed by atoms with van der Waals surface area (Å²) in [5.74, 6) is 0.986. The highest BCUT2D eigenvalue weighted by Gasteiger charge is 2.32. The van der Waals surface area contributed by atoms with Crippen LogP contribution in [0, 0.1) is 5.92 Å². The van der Waals surface area contributed by atoms with Crippen LogP contribution in [0.1, 0.15) is 32.1 Å². The molecule has 0 aromatic carbocycles. The number of nitrogens with one attached hydrogen (secondary N) is 1. The Morgan fingerprint density at radius 1 is 1.43 bits per heavy atom. The zero-order valence-electron chi connectivity index (χ0n) is 8.93. The lowest BCUT2D eigenvalue weighted by atomic mass is 9.83. The molecule has 2 fully saturated rings. The van der Waals surface area contributed by atoms with Crippen LogP contribution in [0.15, 0.2) is 0 Å². The first kappa shape index (κ1) is 10.4. The van der Waals surface area contributed by atoms with Crippen molar-refractivity contribution in [3.63, 3.8) is 0 Å². The molecule has 2 rings (SSSR count). The molecule has 3 nitrogen and oxygen atoms in total. The van der Waals surface area contributed by atoms with E-state index in [4.69, 9.17) is 10.5 Å². The van der Waals surface area contributed by atoms with Gasteiger partial charge in [0.1, 0.15) is 0 Å². The van der Waals surface area contributed by atoms with Crippen molar-refractivity contribution in [2.24, 2.45) is 11.7 Å². The van der Waals surface area contributed by atoms with E-state index in [1.807, 2.05) is 0 Å². The third-order valence-corrected chi connectivity index (χ3v) is 3.77. The zero-order valence-corrected chi connectivity index (χ0v) is 8.93. The molecule has 1 heterocycles. The molecule has 1 unspecified atom stereocenters. The van der Waals surface area contributed by atoms with Crippen molar-refractivity contribution >= 4 is 0 Å². The van der Waals surface area contributed by atoms with Gasteiger partial charge in [-0.3, -0.25) is 0 Å². The lowest BCUT2D eigenvalue weighted by Crippen LogP contribution is -2.52. The third-order valence-electron chi connectivity index (χ3n) is 3.77. The van der Waals surface area contributed by atoms with E-state index in [0.717, 1.165) is 32.1 Å². The molecule has 1 saturated carbocycles. The van der Waals surface area contributed by atoms with Crippen LogP contribution in [0.3, 0.4) is 0 Å². The van der Waals surface area contributed by atoms with Gasteiger partial charge in [0.05, 0.1) is 12.1 Å². The lowest BCUT2D eigenvalue weighted by molar-refractivity contribution is 0.166. The van der Waals surface area contributed by atoms with Crippen LogP contribution in [0.25, 0.3) is 0 Å². The summed E-state index contributed by atoms with van der Waals surface area (Å²) in [5, 5.41) is 3.59. The standard InChI is InChI=1S/C11H22N2O/c12-8-11(5-7-14-9-11)13-6-4-10-2-1-3-10/h10,13H,1-9,12H2. The Balaban J connectivity index is 1.66. The zero-order chi connectivity index (χ0) is 9.86. The van der Waals surface area contributed by atoms with E-state index in [9.17, 15) is 0 Å². The van der Waals surface area contributed by atoms with E-state index in [-0.39, 0.29) is 5.54 Å². The van der Waals surface area contributed by atoms with Crippen molar-refractivity contribution < 1.29 is 4.74 Å². The molecule has 3 N–H and O–H groups in total. The Labute approximate surface area is 86.4 Å². The topological polar surface area (TPSA) is 47.3 Å². The van der Waals surface area contributed by atoms with Crippen LogP contribution in [0.5, 0.6) is 0 Å². The SMILES string of the molecule is NCC1(NCCC2CCC2)CCOC1. The van der Waals surface area contributed by atoms with Crippen molar-refractivity contribution in [3.05, 3.63) is 0 Å². The summed E-state index contributed by atoms with van der Waals surface area (Å²) in [4.78, 5) is 0. The highest BCUT2D eigenvalue weighted by molar-refractivity contribution is 4.92. The van der Waals surface area contributed by atoms with Gasteiger partial charge >= 0.3 is 0 Å². The molecule has 2 aliphatic rings. The Morgan fingerprint density at radius 2 is 2.29 bits per heavy atom. The molecule has 1 atom stereocenters. The van der Waals surface area contributed by atoms with Gasteiger partial charge in [-0.1, -0.05) is 19.3 Å². The van der Waals surface area contributed by atoms with Crippen molar-refractivity contribution in [1.29, 1.82) is 0 Å². The van der Waals surface area contributed by atoms with Gasteiger partial charge in [-0.15, -0.1) is 0 Å². The highest BCUT2D eigenvalue weighted by atomic mass is 16.5. The van der Waals surface area contributed by atoms with Gasteiger partial charge in [-0.2, -0.15) is 0 Å². The van der Waals surface area contributed by atoms with E-state index in [1.54, 1.807) is 0 Å². The third kappa shape index (κ3) is 2.27. The minimum absolute atomic E-state index is 0.101. The number of hydrogen-bond donors (Lipinski definition) is 2. The summed E-state index contributed by atoms with van der Waals surface area (Å²) < 4.78 is 5.41. The number of hydrogen-bond acceptors (Lipinski definition) is 3. The molecular weight excluding hydrogens is 176 g/mol. The van der Waals surface area contributed by atoms with Crippen LogP contribution in [0.2, 0.25) is 0 Å². The Bertz CT molecular complexity index is 174. The Morgan fingerprint density at radius 3 is 2.79 bits per heavy atom. The fourth-order valence-electron chi connectivity index (χ4n) is 2.30. The minimum Gasteiger partial charge on any atom is -0.379 e. The molecule has 82 valence electrons. The molecule has 0 radical (unpaired) electrons. The predicted octanol–water partition coefficient (Wildman–Crippen LogP) is 0.884. The molecule has 1 saturated heterocycles. The number of ether oxygens (including phenoxy) is 1. The Hall–Kier alpha value is -0.120. The molecule has 3 heteroatoms. The molecule has 1 aliphatic heterocycles. The van der Waals surface area contributed by atoms with Crippen molar-refractivity contribution in [2.75, 3.05) is 26.3 Å². The molecule has 0 aromatic rings. The first-order valence-electron chi connectivity index (χ1n) is 5.87. The van der Waals surface area contributed by atoms with E-state index in [1.165, 1.54) is 25.7 Å². The molecule has 0 spiro atoms. The minimum atomic E-state index is 0.101. The summed E-state index contributed by atoms with van der Waals surface area (Å²) in [6.45, 7) is 3.49. The lowest BCUT2D eigenvalue weighted by Gasteiger charge is -2.30. The fourth-order valence-corrected chi connectivity index (χ4v) is 2.30. The normalized spacial score (nSPS) is 33.2. The quantitative estimate of drug-likeness (QED) is 0.689. The second kappa shape index (κ2) is 4.60. The maximum Gasteiger partial charge on any atom is 0.0661 e. The van der Waals surface area contributed by atoms with Crippen molar-refractivity contribution in [1.82, 2.24) is 5.32 Å². The summed E-state index contributed by atoms with van der Waals surface area (Å²) in [6.07, 6.45) is 6.72. The summed E-state index contributed by atoms with van der Waals surface area (Å²) >= 11 is 0. The van der Waals surface area contributed by atoms with Crippen LogP contribution < -0.4 is 11.1 Å². The molecular formula is C11H22N2O. The summed E-state index contributed by atoms with van der Waals surface area (Å²) in [7, 11) is 0. The van der Waals surface area contributed by atoms with E-state index < -0.39 is 0 Å². The van der Waals surface area contributed by atoms with Gasteiger partial charge in [-0.05, 0) is 25.3 Å². The van der Waals surface area contributed by atoms with Crippen LogP contribution in [-0.4, -0.2) is 31.8 Å². The highest BCUT2D eigenvalue weighted by Crippen LogP contribution is 2.29. The molecule has 1 aliphatic carbocycles. The van der Waals surface area contributed by atoms with Gasteiger partial charge in [-0.25, -0.2) is 0 Å². The van der Waals surface area contributed by atoms with Crippen LogP contribution in [-0.2, 0) is 4.74 Å². The second-order valence-electron chi connectivity index (χ2n) is 4.80. The smallest absolute Gasteiger partial charge is 0.0661 e. The van der Waals surface area contributed by atoms with Crippen molar-refractivity contribution in [3.8, 4) is 0 Å². The number of rotatable bonds is 5. The maximum absolute atomic E-state index is 5.79. The first-order chi connectivity index (χ1) is 6.85. The van der Waals surface area contributed by atoms with Gasteiger partial charge in [0, 0.05) is 13.2 Å². The van der Waals surface area contributed by atoms with E-state index >= 15 is 0 Å². The van der Waals surface area contributed by atoms with Crippen LogP contribution >= 0.6 is 0 Å². The van der Waals surface area contributed by atoms with E-state index in [0.29, 0.717) is 6.54 Å². The van der Waals surface area contributed by atoms with Gasteiger partial charge < -0.3 is 15.8 Å².